The predicted octanol–water partition coefficient (Wildman–Crippen LogP) is 1.36. The average molecular weight is 248 g/mol. The zero-order valence-electron chi connectivity index (χ0n) is 11.6. The van der Waals surface area contributed by atoms with Gasteiger partial charge in [0.1, 0.15) is 5.82 Å². The number of imidazole rings is 1. The van der Waals surface area contributed by atoms with Crippen LogP contribution in [0.1, 0.15) is 42.4 Å². The van der Waals surface area contributed by atoms with Gasteiger partial charge in [-0.2, -0.15) is 0 Å². The lowest BCUT2D eigenvalue weighted by Crippen LogP contribution is -2.25. The fourth-order valence-corrected chi connectivity index (χ4v) is 2.84. The summed E-state index contributed by atoms with van der Waals surface area (Å²) in [5.74, 6) is 2.14. The highest BCUT2D eigenvalue weighted by atomic mass is 15.1. The molecule has 1 aromatic rings. The van der Waals surface area contributed by atoms with E-state index >= 15 is 0 Å². The summed E-state index contributed by atoms with van der Waals surface area (Å²) in [5, 5.41) is 3.43. The van der Waals surface area contributed by atoms with Gasteiger partial charge in [-0.1, -0.05) is 0 Å². The molecule has 2 heterocycles. The van der Waals surface area contributed by atoms with E-state index in [1.165, 1.54) is 36.5 Å². The van der Waals surface area contributed by atoms with Crippen molar-refractivity contribution in [2.24, 2.45) is 0 Å². The van der Waals surface area contributed by atoms with Crippen molar-refractivity contribution < 1.29 is 0 Å². The molecule has 0 saturated heterocycles. The summed E-state index contributed by atoms with van der Waals surface area (Å²) in [6, 6.07) is 0. The van der Waals surface area contributed by atoms with Crippen LogP contribution in [0.25, 0.3) is 0 Å². The highest BCUT2D eigenvalue weighted by Crippen LogP contribution is 2.40. The minimum atomic E-state index is 0.759. The molecule has 1 aromatic heterocycles. The number of hydrogen-bond donors (Lipinski definition) is 1. The van der Waals surface area contributed by atoms with E-state index in [1.807, 2.05) is 0 Å². The van der Waals surface area contributed by atoms with E-state index in [9.17, 15) is 0 Å². The van der Waals surface area contributed by atoms with Crippen molar-refractivity contribution in [3.8, 4) is 0 Å². The Kier molecular flexibility index (Phi) is 3.39. The summed E-state index contributed by atoms with van der Waals surface area (Å²) in [7, 11) is 4.30. The second-order valence-corrected chi connectivity index (χ2v) is 5.87. The first kappa shape index (κ1) is 12.2. The van der Waals surface area contributed by atoms with Crippen LogP contribution in [-0.4, -0.2) is 41.6 Å². The first-order valence-corrected chi connectivity index (χ1v) is 7.19. The van der Waals surface area contributed by atoms with Crippen LogP contribution < -0.4 is 5.32 Å². The number of nitrogens with zero attached hydrogens (tertiary/aromatic N) is 3. The van der Waals surface area contributed by atoms with Crippen LogP contribution in [0.3, 0.4) is 0 Å². The number of hydrogen-bond acceptors (Lipinski definition) is 3. The lowest BCUT2D eigenvalue weighted by molar-refractivity contribution is 0.382. The smallest absolute Gasteiger partial charge is 0.112 e. The summed E-state index contributed by atoms with van der Waals surface area (Å²) in [6.07, 6.45) is 5.06. The standard InChI is InChI=1S/C14H24N4/c1-17(2)8-3-9-18-13-6-7-15-10-12(13)16-14(18)11-4-5-11/h11,15H,3-10H2,1-2H3. The highest BCUT2D eigenvalue weighted by Gasteiger charge is 2.31. The Balaban J connectivity index is 1.78. The SMILES string of the molecule is CN(C)CCCn1c(C2CC2)nc2c1CCNC2. The van der Waals surface area contributed by atoms with Gasteiger partial charge in [-0.05, 0) is 39.9 Å². The van der Waals surface area contributed by atoms with E-state index in [4.69, 9.17) is 4.98 Å². The van der Waals surface area contributed by atoms with Crippen molar-refractivity contribution in [2.75, 3.05) is 27.2 Å². The maximum absolute atomic E-state index is 4.90. The Bertz CT molecular complexity index is 418. The van der Waals surface area contributed by atoms with Crippen molar-refractivity contribution in [1.82, 2.24) is 19.8 Å². The summed E-state index contributed by atoms with van der Waals surface area (Å²) in [6.45, 7) is 4.38. The number of fused-ring (bicyclic) bond motifs is 1. The lowest BCUT2D eigenvalue weighted by atomic mass is 10.2. The van der Waals surface area contributed by atoms with Crippen molar-refractivity contribution in [3.05, 3.63) is 17.2 Å². The molecule has 3 rings (SSSR count). The lowest BCUT2D eigenvalue weighted by Gasteiger charge is -2.17. The maximum Gasteiger partial charge on any atom is 0.112 e. The molecule has 0 bridgehead atoms. The topological polar surface area (TPSA) is 33.1 Å². The molecule has 0 spiro atoms. The largest absolute Gasteiger partial charge is 0.331 e. The molecule has 4 heteroatoms. The zero-order valence-corrected chi connectivity index (χ0v) is 11.6. The summed E-state index contributed by atoms with van der Waals surface area (Å²) < 4.78 is 2.54. The van der Waals surface area contributed by atoms with Crippen LogP contribution in [0.4, 0.5) is 0 Å². The van der Waals surface area contributed by atoms with Gasteiger partial charge in [0.05, 0.1) is 5.69 Å². The molecule has 18 heavy (non-hydrogen) atoms. The van der Waals surface area contributed by atoms with Crippen LogP contribution in [0, 0.1) is 0 Å². The Morgan fingerprint density at radius 1 is 1.39 bits per heavy atom. The van der Waals surface area contributed by atoms with Crippen LogP contribution >= 0.6 is 0 Å². The van der Waals surface area contributed by atoms with Gasteiger partial charge in [0.25, 0.3) is 0 Å². The molecule has 4 nitrogen and oxygen atoms in total. The Labute approximate surface area is 109 Å². The van der Waals surface area contributed by atoms with Gasteiger partial charge in [-0.25, -0.2) is 4.98 Å². The molecule has 1 saturated carbocycles. The fourth-order valence-electron chi connectivity index (χ4n) is 2.84. The van der Waals surface area contributed by atoms with Crippen LogP contribution in [-0.2, 0) is 19.5 Å². The molecule has 0 amide bonds. The summed E-state index contributed by atoms with van der Waals surface area (Å²) in [4.78, 5) is 7.16. The summed E-state index contributed by atoms with van der Waals surface area (Å²) >= 11 is 0. The molecule has 0 atom stereocenters. The van der Waals surface area contributed by atoms with Crippen molar-refractivity contribution in [1.29, 1.82) is 0 Å². The molecule has 1 aliphatic heterocycles. The van der Waals surface area contributed by atoms with Gasteiger partial charge in [-0.3, -0.25) is 0 Å². The third kappa shape index (κ3) is 2.45. The minimum Gasteiger partial charge on any atom is -0.331 e. The van der Waals surface area contributed by atoms with Gasteiger partial charge >= 0.3 is 0 Å². The van der Waals surface area contributed by atoms with E-state index in [-0.39, 0.29) is 0 Å². The van der Waals surface area contributed by atoms with Gasteiger partial charge in [0.15, 0.2) is 0 Å². The minimum absolute atomic E-state index is 0.759. The molecule has 0 radical (unpaired) electrons. The van der Waals surface area contributed by atoms with Gasteiger partial charge < -0.3 is 14.8 Å². The number of aromatic nitrogens is 2. The number of rotatable bonds is 5. The van der Waals surface area contributed by atoms with E-state index in [2.05, 4.69) is 28.9 Å². The first-order chi connectivity index (χ1) is 8.75. The van der Waals surface area contributed by atoms with Crippen molar-refractivity contribution in [3.63, 3.8) is 0 Å². The van der Waals surface area contributed by atoms with E-state index in [1.54, 1.807) is 0 Å². The van der Waals surface area contributed by atoms with Crippen LogP contribution in [0.5, 0.6) is 0 Å². The normalized spacial score (nSPS) is 19.3. The molecule has 100 valence electrons. The number of nitrogens with one attached hydrogen (secondary N) is 1. The molecule has 1 fully saturated rings. The van der Waals surface area contributed by atoms with Gasteiger partial charge in [0.2, 0.25) is 0 Å². The predicted molar refractivity (Wildman–Crippen MR) is 72.8 cm³/mol. The maximum atomic E-state index is 4.90. The Morgan fingerprint density at radius 2 is 2.22 bits per heavy atom. The average Bonchev–Trinajstić information content (AvgIpc) is 3.13. The third-order valence-electron chi connectivity index (χ3n) is 3.95. The molecule has 0 aromatic carbocycles. The second kappa shape index (κ2) is 5.02. The fraction of sp³-hybridized carbons (Fsp3) is 0.786. The third-order valence-corrected chi connectivity index (χ3v) is 3.95. The van der Waals surface area contributed by atoms with E-state index in [0.717, 1.165) is 38.5 Å². The quantitative estimate of drug-likeness (QED) is 0.854. The Hall–Kier alpha value is -0.870. The van der Waals surface area contributed by atoms with Crippen molar-refractivity contribution in [2.45, 2.75) is 44.7 Å². The molecular weight excluding hydrogens is 224 g/mol. The van der Waals surface area contributed by atoms with Crippen molar-refractivity contribution >= 4 is 0 Å². The monoisotopic (exact) mass is 248 g/mol. The van der Waals surface area contributed by atoms with E-state index in [0.29, 0.717) is 0 Å². The first-order valence-electron chi connectivity index (χ1n) is 7.19. The summed E-state index contributed by atoms with van der Waals surface area (Å²) in [5.41, 5.74) is 2.82. The Morgan fingerprint density at radius 3 is 2.94 bits per heavy atom. The van der Waals surface area contributed by atoms with Gasteiger partial charge in [-0.15, -0.1) is 0 Å². The second-order valence-electron chi connectivity index (χ2n) is 5.87. The molecule has 1 aliphatic carbocycles. The highest BCUT2D eigenvalue weighted by molar-refractivity contribution is 5.24. The van der Waals surface area contributed by atoms with Gasteiger partial charge in [0, 0.05) is 37.7 Å². The van der Waals surface area contributed by atoms with E-state index < -0.39 is 0 Å². The molecular formula is C14H24N4. The van der Waals surface area contributed by atoms with Crippen LogP contribution in [0.2, 0.25) is 0 Å². The van der Waals surface area contributed by atoms with Crippen LogP contribution in [0.15, 0.2) is 0 Å². The molecule has 1 N–H and O–H groups in total. The molecule has 2 aliphatic rings. The molecule has 0 unspecified atom stereocenters. The zero-order chi connectivity index (χ0) is 12.5.